The van der Waals surface area contributed by atoms with Gasteiger partial charge < -0.3 is 9.88 Å². The van der Waals surface area contributed by atoms with Crippen LogP contribution in [0.25, 0.3) is 0 Å². The topological polar surface area (TPSA) is 76.0 Å². The number of aromatic nitrogens is 2. The van der Waals surface area contributed by atoms with Gasteiger partial charge in [0.1, 0.15) is 0 Å². The smallest absolute Gasteiger partial charge is 0.259 e. The van der Waals surface area contributed by atoms with Gasteiger partial charge in [-0.3, -0.25) is 0 Å². The van der Waals surface area contributed by atoms with Crippen LogP contribution in [-0.2, 0) is 16.6 Å². The van der Waals surface area contributed by atoms with Gasteiger partial charge in [-0.1, -0.05) is 6.42 Å². The predicted octanol–water partition coefficient (Wildman–Crippen LogP) is 0.712. The third-order valence-corrected chi connectivity index (χ3v) is 4.79. The molecule has 7 heteroatoms. The van der Waals surface area contributed by atoms with Gasteiger partial charge >= 0.3 is 0 Å². The van der Waals surface area contributed by atoms with E-state index in [0.717, 1.165) is 19.3 Å². The normalized spacial score (nSPS) is 24.5. The van der Waals surface area contributed by atoms with Crippen molar-refractivity contribution in [3.63, 3.8) is 0 Å². The standard InChI is InChI=1S/C12H22N4O2S/c1-3-16-8-12(13-9-16)19(17,18)14-7-11-6-4-5-10(2)15-11/h8-11,14-15H,3-7H2,1-2H3. The summed E-state index contributed by atoms with van der Waals surface area (Å²) in [5.74, 6) is 0. The summed E-state index contributed by atoms with van der Waals surface area (Å²) in [4.78, 5) is 3.93. The summed E-state index contributed by atoms with van der Waals surface area (Å²) in [6, 6.07) is 0.675. The number of imidazole rings is 1. The first-order chi connectivity index (χ1) is 9.01. The van der Waals surface area contributed by atoms with E-state index in [4.69, 9.17) is 0 Å². The maximum atomic E-state index is 12.1. The third-order valence-electron chi connectivity index (χ3n) is 3.48. The first-order valence-corrected chi connectivity index (χ1v) is 8.27. The summed E-state index contributed by atoms with van der Waals surface area (Å²) < 4.78 is 28.5. The van der Waals surface area contributed by atoms with E-state index >= 15 is 0 Å². The Labute approximate surface area is 114 Å². The largest absolute Gasteiger partial charge is 0.336 e. The minimum absolute atomic E-state index is 0.0956. The van der Waals surface area contributed by atoms with Crippen LogP contribution in [0.3, 0.4) is 0 Å². The Morgan fingerprint density at radius 3 is 2.95 bits per heavy atom. The second-order valence-electron chi connectivity index (χ2n) is 5.09. The number of rotatable bonds is 5. The highest BCUT2D eigenvalue weighted by Gasteiger charge is 2.22. The molecule has 6 nitrogen and oxygen atoms in total. The predicted molar refractivity (Wildman–Crippen MR) is 73.3 cm³/mol. The molecule has 0 amide bonds. The van der Waals surface area contributed by atoms with E-state index in [1.165, 1.54) is 6.33 Å². The Kier molecular flexibility index (Phi) is 4.59. The van der Waals surface area contributed by atoms with Gasteiger partial charge in [0.15, 0.2) is 5.03 Å². The van der Waals surface area contributed by atoms with Crippen LogP contribution >= 0.6 is 0 Å². The molecule has 108 valence electrons. The highest BCUT2D eigenvalue weighted by atomic mass is 32.2. The maximum Gasteiger partial charge on any atom is 0.259 e. The van der Waals surface area contributed by atoms with E-state index in [1.807, 2.05) is 6.92 Å². The van der Waals surface area contributed by atoms with Gasteiger partial charge in [-0.05, 0) is 26.7 Å². The fourth-order valence-electron chi connectivity index (χ4n) is 2.34. The number of hydrogen-bond acceptors (Lipinski definition) is 4. The molecule has 2 unspecified atom stereocenters. The van der Waals surface area contributed by atoms with Gasteiger partial charge in [-0.2, -0.15) is 0 Å². The lowest BCUT2D eigenvalue weighted by Crippen LogP contribution is -2.47. The molecule has 1 saturated heterocycles. The molecule has 0 spiro atoms. The van der Waals surface area contributed by atoms with Gasteiger partial charge in [0.05, 0.1) is 6.33 Å². The van der Waals surface area contributed by atoms with E-state index in [9.17, 15) is 8.42 Å². The molecule has 0 saturated carbocycles. The monoisotopic (exact) mass is 286 g/mol. The Hall–Kier alpha value is -0.920. The zero-order chi connectivity index (χ0) is 13.9. The van der Waals surface area contributed by atoms with Crippen LogP contribution in [0, 0.1) is 0 Å². The van der Waals surface area contributed by atoms with Crippen molar-refractivity contribution in [2.45, 2.75) is 56.8 Å². The summed E-state index contributed by atoms with van der Waals surface area (Å²) in [6.07, 6.45) is 6.40. The lowest BCUT2D eigenvalue weighted by molar-refractivity contribution is 0.334. The Bertz CT molecular complexity index is 512. The Morgan fingerprint density at radius 2 is 2.32 bits per heavy atom. The van der Waals surface area contributed by atoms with Crippen LogP contribution in [0.15, 0.2) is 17.6 Å². The van der Waals surface area contributed by atoms with Crippen molar-refractivity contribution in [2.24, 2.45) is 0 Å². The summed E-state index contributed by atoms with van der Waals surface area (Å²) in [5, 5.41) is 3.50. The molecule has 2 atom stereocenters. The van der Waals surface area contributed by atoms with Crippen LogP contribution in [0.1, 0.15) is 33.1 Å². The number of piperidine rings is 1. The number of hydrogen-bond donors (Lipinski definition) is 2. The molecule has 2 rings (SSSR count). The second kappa shape index (κ2) is 6.02. The van der Waals surface area contributed by atoms with Crippen molar-refractivity contribution in [1.82, 2.24) is 19.6 Å². The maximum absolute atomic E-state index is 12.1. The molecule has 1 aliphatic heterocycles. The number of nitrogens with zero attached hydrogens (tertiary/aromatic N) is 2. The fraction of sp³-hybridized carbons (Fsp3) is 0.750. The lowest BCUT2D eigenvalue weighted by Gasteiger charge is -2.28. The van der Waals surface area contributed by atoms with Crippen molar-refractivity contribution < 1.29 is 8.42 Å². The molecule has 0 aromatic carbocycles. The number of aryl methyl sites for hydroxylation is 1. The Morgan fingerprint density at radius 1 is 1.53 bits per heavy atom. The lowest BCUT2D eigenvalue weighted by atomic mass is 10.00. The molecule has 2 N–H and O–H groups in total. The van der Waals surface area contributed by atoms with Crippen molar-refractivity contribution in [3.05, 3.63) is 12.5 Å². The van der Waals surface area contributed by atoms with Gasteiger partial charge in [-0.15, -0.1) is 0 Å². The minimum Gasteiger partial charge on any atom is -0.336 e. The van der Waals surface area contributed by atoms with Crippen molar-refractivity contribution in [3.8, 4) is 0 Å². The van der Waals surface area contributed by atoms with Crippen LogP contribution in [0.2, 0.25) is 0 Å². The summed E-state index contributed by atoms with van der Waals surface area (Å²) in [7, 11) is -3.49. The average Bonchev–Trinajstić information content (AvgIpc) is 2.86. The molecular weight excluding hydrogens is 264 g/mol. The first-order valence-electron chi connectivity index (χ1n) is 6.78. The van der Waals surface area contributed by atoms with E-state index in [-0.39, 0.29) is 11.1 Å². The molecular formula is C12H22N4O2S. The first kappa shape index (κ1) is 14.5. The molecule has 1 aliphatic rings. The molecule has 0 radical (unpaired) electrons. The number of sulfonamides is 1. The Balaban J connectivity index is 1.93. The number of nitrogens with one attached hydrogen (secondary N) is 2. The van der Waals surface area contributed by atoms with Gasteiger partial charge in [0, 0.05) is 31.4 Å². The van der Waals surface area contributed by atoms with Crippen LogP contribution in [0.4, 0.5) is 0 Å². The van der Waals surface area contributed by atoms with Crippen LogP contribution in [-0.4, -0.2) is 36.6 Å². The fourth-order valence-corrected chi connectivity index (χ4v) is 3.36. The van der Waals surface area contributed by atoms with Gasteiger partial charge in [0.2, 0.25) is 0 Å². The van der Waals surface area contributed by atoms with E-state index in [0.29, 0.717) is 19.1 Å². The quantitative estimate of drug-likeness (QED) is 0.836. The zero-order valence-corrected chi connectivity index (χ0v) is 12.3. The van der Waals surface area contributed by atoms with Crippen LogP contribution in [0.5, 0.6) is 0 Å². The SMILES string of the molecule is CCn1cnc(S(=O)(=O)NCC2CCCC(C)N2)c1. The highest BCUT2D eigenvalue weighted by Crippen LogP contribution is 2.12. The van der Waals surface area contributed by atoms with Crippen molar-refractivity contribution in [1.29, 1.82) is 0 Å². The molecule has 1 aromatic rings. The van der Waals surface area contributed by atoms with Gasteiger partial charge in [-0.25, -0.2) is 18.1 Å². The molecule has 0 aliphatic carbocycles. The molecule has 2 heterocycles. The third kappa shape index (κ3) is 3.77. The molecule has 1 fully saturated rings. The van der Waals surface area contributed by atoms with E-state index in [2.05, 4.69) is 21.9 Å². The summed E-state index contributed by atoms with van der Waals surface area (Å²) in [6.45, 7) is 5.21. The highest BCUT2D eigenvalue weighted by molar-refractivity contribution is 7.89. The zero-order valence-electron chi connectivity index (χ0n) is 11.5. The van der Waals surface area contributed by atoms with E-state index in [1.54, 1.807) is 10.8 Å². The molecule has 0 bridgehead atoms. The molecule has 19 heavy (non-hydrogen) atoms. The molecule has 1 aromatic heterocycles. The van der Waals surface area contributed by atoms with E-state index < -0.39 is 10.0 Å². The van der Waals surface area contributed by atoms with Crippen molar-refractivity contribution in [2.75, 3.05) is 6.54 Å². The van der Waals surface area contributed by atoms with Crippen LogP contribution < -0.4 is 10.0 Å². The summed E-state index contributed by atoms with van der Waals surface area (Å²) >= 11 is 0. The van der Waals surface area contributed by atoms with Gasteiger partial charge in [0.25, 0.3) is 10.0 Å². The average molecular weight is 286 g/mol. The second-order valence-corrected chi connectivity index (χ2v) is 6.80. The van der Waals surface area contributed by atoms with Crippen molar-refractivity contribution >= 4 is 10.0 Å². The minimum atomic E-state index is -3.49. The summed E-state index contributed by atoms with van der Waals surface area (Å²) in [5.41, 5.74) is 0.